The second kappa shape index (κ2) is 8.19. The van der Waals surface area contributed by atoms with Crippen LogP contribution in [0.25, 0.3) is 0 Å². The predicted octanol–water partition coefficient (Wildman–Crippen LogP) is 3.16. The molecule has 2 aromatic carbocycles. The molecule has 1 aliphatic heterocycles. The van der Waals surface area contributed by atoms with E-state index in [4.69, 9.17) is 16.3 Å². The first-order valence-electron chi connectivity index (χ1n) is 8.58. The van der Waals surface area contributed by atoms with Gasteiger partial charge in [-0.1, -0.05) is 29.3 Å². The summed E-state index contributed by atoms with van der Waals surface area (Å²) < 4.78 is 28.8. The van der Waals surface area contributed by atoms with Crippen molar-refractivity contribution in [2.24, 2.45) is 0 Å². The minimum Gasteiger partial charge on any atom is -0.455 e. The molecule has 0 saturated carbocycles. The van der Waals surface area contributed by atoms with Crippen LogP contribution >= 0.6 is 11.6 Å². The predicted molar refractivity (Wildman–Crippen MR) is 106 cm³/mol. The maximum atomic E-state index is 12.1. The van der Waals surface area contributed by atoms with E-state index in [9.17, 15) is 13.2 Å². The number of hydrogen-bond acceptors (Lipinski definition) is 5. The van der Waals surface area contributed by atoms with Crippen molar-refractivity contribution >= 4 is 33.0 Å². The standard InChI is InChI=1S/C19H21ClN2O4S/c1-13-2-5-16(6-3-13)26-18-7-4-14(20)10-17(18)21-11-19(23)22-15-8-9-27(24,25)12-15/h2-7,10,15,21H,8-9,11-12H2,1H3,(H,22,23). The van der Waals surface area contributed by atoms with Crippen LogP contribution in [0.15, 0.2) is 42.5 Å². The summed E-state index contributed by atoms with van der Waals surface area (Å²) in [6, 6.07) is 12.4. The molecule has 0 spiro atoms. The van der Waals surface area contributed by atoms with Gasteiger partial charge in [0.2, 0.25) is 5.91 Å². The number of benzene rings is 2. The maximum Gasteiger partial charge on any atom is 0.239 e. The second-order valence-electron chi connectivity index (χ2n) is 6.58. The molecule has 1 aliphatic rings. The highest BCUT2D eigenvalue weighted by Crippen LogP contribution is 2.32. The van der Waals surface area contributed by atoms with Crippen LogP contribution in [-0.4, -0.2) is 38.4 Å². The van der Waals surface area contributed by atoms with Gasteiger partial charge in [0.25, 0.3) is 0 Å². The lowest BCUT2D eigenvalue weighted by Gasteiger charge is -2.15. The van der Waals surface area contributed by atoms with E-state index in [2.05, 4.69) is 10.6 Å². The Morgan fingerprint density at radius 1 is 1.22 bits per heavy atom. The fourth-order valence-electron chi connectivity index (χ4n) is 2.83. The van der Waals surface area contributed by atoms with Crippen LogP contribution in [-0.2, 0) is 14.6 Å². The van der Waals surface area contributed by atoms with Crippen molar-refractivity contribution < 1.29 is 17.9 Å². The molecule has 8 heteroatoms. The summed E-state index contributed by atoms with van der Waals surface area (Å²) in [6.07, 6.45) is 0.451. The van der Waals surface area contributed by atoms with Gasteiger partial charge in [0.15, 0.2) is 15.6 Å². The topological polar surface area (TPSA) is 84.5 Å². The van der Waals surface area contributed by atoms with E-state index in [0.717, 1.165) is 5.56 Å². The Bertz CT molecular complexity index is 929. The van der Waals surface area contributed by atoms with Gasteiger partial charge >= 0.3 is 0 Å². The van der Waals surface area contributed by atoms with Crippen molar-refractivity contribution in [3.8, 4) is 11.5 Å². The van der Waals surface area contributed by atoms with Crippen LogP contribution in [0, 0.1) is 6.92 Å². The van der Waals surface area contributed by atoms with E-state index in [1.54, 1.807) is 18.2 Å². The van der Waals surface area contributed by atoms with E-state index in [0.29, 0.717) is 28.6 Å². The highest BCUT2D eigenvalue weighted by atomic mass is 35.5. The van der Waals surface area contributed by atoms with Crippen LogP contribution in [0.4, 0.5) is 5.69 Å². The van der Waals surface area contributed by atoms with Crippen molar-refractivity contribution in [1.82, 2.24) is 5.32 Å². The molecular weight excluding hydrogens is 388 g/mol. The Morgan fingerprint density at radius 3 is 2.63 bits per heavy atom. The number of ether oxygens (including phenoxy) is 1. The van der Waals surface area contributed by atoms with Crippen molar-refractivity contribution in [3.05, 3.63) is 53.1 Å². The van der Waals surface area contributed by atoms with Gasteiger partial charge in [0.05, 0.1) is 23.7 Å². The largest absolute Gasteiger partial charge is 0.455 e. The van der Waals surface area contributed by atoms with Crippen molar-refractivity contribution in [2.75, 3.05) is 23.4 Å². The van der Waals surface area contributed by atoms with E-state index in [-0.39, 0.29) is 30.0 Å². The molecule has 0 radical (unpaired) electrons. The Balaban J connectivity index is 1.62. The fraction of sp³-hybridized carbons (Fsp3) is 0.316. The molecule has 0 aliphatic carbocycles. The number of carbonyl (C=O) groups is 1. The summed E-state index contributed by atoms with van der Waals surface area (Å²) in [6.45, 7) is 1.98. The quantitative estimate of drug-likeness (QED) is 0.767. The molecule has 6 nitrogen and oxygen atoms in total. The first kappa shape index (κ1) is 19.5. The van der Waals surface area contributed by atoms with Gasteiger partial charge in [-0.15, -0.1) is 0 Å². The Hall–Kier alpha value is -2.25. The molecular formula is C19H21ClN2O4S. The molecule has 1 unspecified atom stereocenters. The lowest BCUT2D eigenvalue weighted by Crippen LogP contribution is -2.39. The first-order chi connectivity index (χ1) is 12.8. The normalized spacial score (nSPS) is 18.1. The third-order valence-corrected chi connectivity index (χ3v) is 6.23. The average Bonchev–Trinajstić information content (AvgIpc) is 2.95. The summed E-state index contributed by atoms with van der Waals surface area (Å²) in [5.74, 6) is 1.05. The van der Waals surface area contributed by atoms with Crippen LogP contribution in [0.1, 0.15) is 12.0 Å². The van der Waals surface area contributed by atoms with Crippen LogP contribution in [0.3, 0.4) is 0 Å². The Morgan fingerprint density at radius 2 is 1.96 bits per heavy atom. The number of carbonyl (C=O) groups excluding carboxylic acids is 1. The zero-order valence-electron chi connectivity index (χ0n) is 14.9. The van der Waals surface area contributed by atoms with Crippen molar-refractivity contribution in [2.45, 2.75) is 19.4 Å². The summed E-state index contributed by atoms with van der Waals surface area (Å²) in [5, 5.41) is 6.26. The Labute approximate surface area is 163 Å². The van der Waals surface area contributed by atoms with Gasteiger partial charge in [0, 0.05) is 11.1 Å². The van der Waals surface area contributed by atoms with E-state index in [1.807, 2.05) is 31.2 Å². The second-order valence-corrected chi connectivity index (χ2v) is 9.24. The minimum absolute atomic E-state index is 0.00229. The summed E-state index contributed by atoms with van der Waals surface area (Å²) in [4.78, 5) is 12.1. The third kappa shape index (κ3) is 5.61. The molecule has 2 N–H and O–H groups in total. The number of rotatable bonds is 6. The lowest BCUT2D eigenvalue weighted by atomic mass is 10.2. The third-order valence-electron chi connectivity index (χ3n) is 4.23. The SMILES string of the molecule is Cc1ccc(Oc2ccc(Cl)cc2NCC(=O)NC2CCS(=O)(=O)C2)cc1. The molecule has 3 rings (SSSR count). The maximum absolute atomic E-state index is 12.1. The fourth-order valence-corrected chi connectivity index (χ4v) is 4.67. The van der Waals surface area contributed by atoms with Crippen LogP contribution in [0.5, 0.6) is 11.5 Å². The molecule has 1 fully saturated rings. The highest BCUT2D eigenvalue weighted by molar-refractivity contribution is 7.91. The molecule has 27 heavy (non-hydrogen) atoms. The molecule has 2 aromatic rings. The monoisotopic (exact) mass is 408 g/mol. The zero-order valence-corrected chi connectivity index (χ0v) is 16.4. The van der Waals surface area contributed by atoms with E-state index >= 15 is 0 Å². The van der Waals surface area contributed by atoms with Gasteiger partial charge in [-0.3, -0.25) is 4.79 Å². The van der Waals surface area contributed by atoms with Gasteiger partial charge in [-0.05, 0) is 43.7 Å². The lowest BCUT2D eigenvalue weighted by molar-refractivity contribution is -0.119. The highest BCUT2D eigenvalue weighted by Gasteiger charge is 2.28. The number of sulfone groups is 1. The number of nitrogens with one attached hydrogen (secondary N) is 2. The molecule has 1 atom stereocenters. The van der Waals surface area contributed by atoms with E-state index in [1.165, 1.54) is 0 Å². The Kier molecular flexibility index (Phi) is 5.92. The minimum atomic E-state index is -3.03. The first-order valence-corrected chi connectivity index (χ1v) is 10.8. The number of aryl methyl sites for hydroxylation is 1. The van der Waals surface area contributed by atoms with Gasteiger partial charge in [-0.2, -0.15) is 0 Å². The average molecular weight is 409 g/mol. The van der Waals surface area contributed by atoms with Crippen LogP contribution in [0.2, 0.25) is 5.02 Å². The summed E-state index contributed by atoms with van der Waals surface area (Å²) >= 11 is 6.06. The van der Waals surface area contributed by atoms with Crippen molar-refractivity contribution in [3.63, 3.8) is 0 Å². The summed E-state index contributed by atoms with van der Waals surface area (Å²) in [5.41, 5.74) is 1.71. The smallest absolute Gasteiger partial charge is 0.239 e. The zero-order chi connectivity index (χ0) is 19.4. The molecule has 0 aromatic heterocycles. The van der Waals surface area contributed by atoms with E-state index < -0.39 is 9.84 Å². The van der Waals surface area contributed by atoms with Crippen molar-refractivity contribution in [1.29, 1.82) is 0 Å². The number of amides is 1. The number of anilines is 1. The van der Waals surface area contributed by atoms with Gasteiger partial charge in [0.1, 0.15) is 5.75 Å². The summed E-state index contributed by atoms with van der Waals surface area (Å²) in [7, 11) is -3.03. The molecule has 0 bridgehead atoms. The molecule has 1 amide bonds. The number of halogens is 1. The van der Waals surface area contributed by atoms with Gasteiger partial charge in [-0.25, -0.2) is 8.42 Å². The molecule has 1 saturated heterocycles. The molecule has 144 valence electrons. The number of hydrogen-bond donors (Lipinski definition) is 2. The van der Waals surface area contributed by atoms with Crippen LogP contribution < -0.4 is 15.4 Å². The van der Waals surface area contributed by atoms with Gasteiger partial charge < -0.3 is 15.4 Å². The molecule has 1 heterocycles.